The van der Waals surface area contributed by atoms with E-state index in [2.05, 4.69) is 5.32 Å². The second-order valence-corrected chi connectivity index (χ2v) is 6.52. The maximum absolute atomic E-state index is 13.1. The Balaban J connectivity index is 1.85. The van der Waals surface area contributed by atoms with Crippen LogP contribution in [0.4, 0.5) is 10.5 Å². The molecule has 1 heterocycles. The predicted octanol–water partition coefficient (Wildman–Crippen LogP) is 3.07. The highest BCUT2D eigenvalue weighted by molar-refractivity contribution is 6.30. The number of rotatable bonds is 4. The number of hydrogen-bond donors (Lipinski definition) is 2. The lowest BCUT2D eigenvalue weighted by molar-refractivity contribution is 0.0697. The lowest BCUT2D eigenvalue weighted by Crippen LogP contribution is -2.51. The molecule has 0 bridgehead atoms. The summed E-state index contributed by atoms with van der Waals surface area (Å²) in [6.07, 6.45) is 0. The van der Waals surface area contributed by atoms with Crippen molar-refractivity contribution in [2.24, 2.45) is 0 Å². The van der Waals surface area contributed by atoms with E-state index in [9.17, 15) is 9.59 Å². The summed E-state index contributed by atoms with van der Waals surface area (Å²) >= 11 is 5.97. The summed E-state index contributed by atoms with van der Waals surface area (Å²) in [6, 6.07) is 13.6. The van der Waals surface area contributed by atoms with Crippen molar-refractivity contribution in [3.63, 3.8) is 0 Å². The normalized spacial score (nSPS) is 14.1. The summed E-state index contributed by atoms with van der Waals surface area (Å²) in [4.78, 5) is 27.6. The van der Waals surface area contributed by atoms with Crippen molar-refractivity contribution in [3.05, 3.63) is 64.7 Å². The van der Waals surface area contributed by atoms with Gasteiger partial charge in [0, 0.05) is 36.9 Å². The monoisotopic (exact) mass is 373 g/mol. The largest absolute Gasteiger partial charge is 0.478 e. The number of carbonyl (C=O) groups excluding carboxylic acids is 1. The van der Waals surface area contributed by atoms with Crippen LogP contribution in [0, 0.1) is 0 Å². The molecule has 3 rings (SSSR count). The molecule has 26 heavy (non-hydrogen) atoms. The minimum absolute atomic E-state index is 0.0730. The number of halogens is 1. The van der Waals surface area contributed by atoms with Crippen LogP contribution in [0.1, 0.15) is 15.9 Å². The molecule has 0 spiro atoms. The van der Waals surface area contributed by atoms with Crippen molar-refractivity contribution in [3.8, 4) is 0 Å². The number of amides is 2. The second kappa shape index (κ2) is 8.21. The van der Waals surface area contributed by atoms with Gasteiger partial charge in [-0.05, 0) is 42.0 Å². The predicted molar refractivity (Wildman–Crippen MR) is 101 cm³/mol. The van der Waals surface area contributed by atoms with Crippen LogP contribution in [0.3, 0.4) is 0 Å². The van der Waals surface area contributed by atoms with E-state index in [0.717, 1.165) is 24.3 Å². The van der Waals surface area contributed by atoms with Gasteiger partial charge in [-0.15, -0.1) is 0 Å². The molecule has 7 heteroatoms. The number of anilines is 1. The molecule has 2 aromatic carbocycles. The standard InChI is InChI=1S/C19H20ClN3O3/c20-16-5-7-17(8-6-16)23(19(26)22-11-9-21-10-12-22)13-14-1-3-15(4-2-14)18(24)25/h1-8,21H,9-13H2,(H,24,25). The van der Waals surface area contributed by atoms with Gasteiger partial charge in [-0.3, -0.25) is 4.90 Å². The number of carbonyl (C=O) groups is 2. The molecule has 2 aromatic rings. The van der Waals surface area contributed by atoms with Crippen LogP contribution >= 0.6 is 11.6 Å². The van der Waals surface area contributed by atoms with E-state index in [1.165, 1.54) is 0 Å². The molecule has 0 unspecified atom stereocenters. The Hall–Kier alpha value is -2.57. The first-order chi connectivity index (χ1) is 12.5. The lowest BCUT2D eigenvalue weighted by Gasteiger charge is -2.33. The average Bonchev–Trinajstić information content (AvgIpc) is 2.67. The van der Waals surface area contributed by atoms with E-state index >= 15 is 0 Å². The van der Waals surface area contributed by atoms with Crippen LogP contribution < -0.4 is 10.2 Å². The maximum Gasteiger partial charge on any atom is 0.335 e. The van der Waals surface area contributed by atoms with E-state index < -0.39 is 5.97 Å². The number of hydrogen-bond acceptors (Lipinski definition) is 3. The van der Waals surface area contributed by atoms with Crippen molar-refractivity contribution < 1.29 is 14.7 Å². The maximum atomic E-state index is 13.1. The van der Waals surface area contributed by atoms with E-state index in [4.69, 9.17) is 16.7 Å². The SMILES string of the molecule is O=C(O)c1ccc(CN(C(=O)N2CCNCC2)c2ccc(Cl)cc2)cc1. The molecule has 1 saturated heterocycles. The molecule has 0 atom stereocenters. The highest BCUT2D eigenvalue weighted by Crippen LogP contribution is 2.22. The molecule has 0 saturated carbocycles. The zero-order valence-corrected chi connectivity index (χ0v) is 14.9. The van der Waals surface area contributed by atoms with Gasteiger partial charge in [0.25, 0.3) is 0 Å². The van der Waals surface area contributed by atoms with Crippen molar-refractivity contribution >= 4 is 29.3 Å². The van der Waals surface area contributed by atoms with E-state index in [-0.39, 0.29) is 11.6 Å². The number of urea groups is 1. The molecular weight excluding hydrogens is 354 g/mol. The van der Waals surface area contributed by atoms with Crippen LogP contribution in [0.15, 0.2) is 48.5 Å². The van der Waals surface area contributed by atoms with Crippen LogP contribution in [0.2, 0.25) is 5.02 Å². The summed E-state index contributed by atoms with van der Waals surface area (Å²) < 4.78 is 0. The highest BCUT2D eigenvalue weighted by atomic mass is 35.5. The number of benzene rings is 2. The Kier molecular flexibility index (Phi) is 5.75. The lowest BCUT2D eigenvalue weighted by atomic mass is 10.1. The van der Waals surface area contributed by atoms with Gasteiger partial charge in [0.15, 0.2) is 0 Å². The topological polar surface area (TPSA) is 72.9 Å². The Labute approximate surface area is 157 Å². The summed E-state index contributed by atoms with van der Waals surface area (Å²) in [6.45, 7) is 3.20. The summed E-state index contributed by atoms with van der Waals surface area (Å²) in [5.74, 6) is -0.969. The fourth-order valence-corrected chi connectivity index (χ4v) is 2.98. The zero-order valence-electron chi connectivity index (χ0n) is 14.2. The van der Waals surface area contributed by atoms with Gasteiger partial charge < -0.3 is 15.3 Å². The average molecular weight is 374 g/mol. The Bertz CT molecular complexity index is 772. The van der Waals surface area contributed by atoms with Gasteiger partial charge in [0.05, 0.1) is 12.1 Å². The minimum atomic E-state index is -0.969. The van der Waals surface area contributed by atoms with Gasteiger partial charge in [0.2, 0.25) is 0 Å². The van der Waals surface area contributed by atoms with Gasteiger partial charge in [-0.1, -0.05) is 23.7 Å². The van der Waals surface area contributed by atoms with E-state index in [1.54, 1.807) is 41.3 Å². The Morgan fingerprint density at radius 3 is 2.23 bits per heavy atom. The number of carboxylic acid groups (broad SMARTS) is 1. The number of nitrogens with one attached hydrogen (secondary N) is 1. The smallest absolute Gasteiger partial charge is 0.335 e. The number of carboxylic acids is 1. The number of piperazine rings is 1. The molecule has 136 valence electrons. The van der Waals surface area contributed by atoms with Gasteiger partial charge in [-0.2, -0.15) is 0 Å². The molecule has 6 nitrogen and oxygen atoms in total. The third kappa shape index (κ3) is 4.33. The molecule has 1 aliphatic heterocycles. The van der Waals surface area contributed by atoms with Crippen LogP contribution in [-0.2, 0) is 6.54 Å². The molecule has 1 fully saturated rings. The van der Waals surface area contributed by atoms with Crippen molar-refractivity contribution in [2.75, 3.05) is 31.1 Å². The first kappa shape index (κ1) is 18.2. The van der Waals surface area contributed by atoms with Crippen LogP contribution in [0.5, 0.6) is 0 Å². The zero-order chi connectivity index (χ0) is 18.5. The van der Waals surface area contributed by atoms with Crippen LogP contribution in [0.25, 0.3) is 0 Å². The summed E-state index contributed by atoms with van der Waals surface area (Å²) in [5, 5.41) is 12.9. The Morgan fingerprint density at radius 1 is 1.04 bits per heavy atom. The second-order valence-electron chi connectivity index (χ2n) is 6.08. The molecule has 0 aliphatic carbocycles. The first-order valence-corrected chi connectivity index (χ1v) is 8.77. The minimum Gasteiger partial charge on any atom is -0.478 e. The van der Waals surface area contributed by atoms with Crippen LogP contribution in [-0.4, -0.2) is 48.2 Å². The third-order valence-corrected chi connectivity index (χ3v) is 4.55. The summed E-state index contributed by atoms with van der Waals surface area (Å²) in [7, 11) is 0. The molecule has 0 aromatic heterocycles. The quantitative estimate of drug-likeness (QED) is 0.863. The highest BCUT2D eigenvalue weighted by Gasteiger charge is 2.24. The first-order valence-electron chi connectivity index (χ1n) is 8.39. The summed E-state index contributed by atoms with van der Waals surface area (Å²) in [5.41, 5.74) is 1.83. The van der Waals surface area contributed by atoms with Crippen molar-refractivity contribution in [1.82, 2.24) is 10.2 Å². The molecule has 1 aliphatic rings. The van der Waals surface area contributed by atoms with Gasteiger partial charge >= 0.3 is 12.0 Å². The third-order valence-electron chi connectivity index (χ3n) is 4.30. The van der Waals surface area contributed by atoms with E-state index in [0.29, 0.717) is 24.7 Å². The fourth-order valence-electron chi connectivity index (χ4n) is 2.85. The molecule has 0 radical (unpaired) electrons. The van der Waals surface area contributed by atoms with E-state index in [1.807, 2.05) is 17.0 Å². The van der Waals surface area contributed by atoms with Crippen molar-refractivity contribution in [2.45, 2.75) is 6.54 Å². The number of aromatic carboxylic acids is 1. The fraction of sp³-hybridized carbons (Fsp3) is 0.263. The number of nitrogens with zero attached hydrogens (tertiary/aromatic N) is 2. The molecule has 2 amide bonds. The Morgan fingerprint density at radius 2 is 1.65 bits per heavy atom. The van der Waals surface area contributed by atoms with Gasteiger partial charge in [-0.25, -0.2) is 9.59 Å². The molecule has 2 N–H and O–H groups in total. The van der Waals surface area contributed by atoms with Crippen molar-refractivity contribution in [1.29, 1.82) is 0 Å². The van der Waals surface area contributed by atoms with Gasteiger partial charge in [0.1, 0.15) is 0 Å². The molecular formula is C19H20ClN3O3.